The molecule has 25 heteroatoms. The van der Waals surface area contributed by atoms with Crippen molar-refractivity contribution in [3.05, 3.63) is 0 Å². The number of hydrogen-bond donors (Lipinski definition) is 13. The molecule has 79 heavy (non-hydrogen) atoms. The molecule has 1 rings (SSSR count). The van der Waals surface area contributed by atoms with Gasteiger partial charge in [0.05, 0.1) is 25.7 Å². The number of hydrogen-bond acceptors (Lipinski definition) is 15. The van der Waals surface area contributed by atoms with Gasteiger partial charge in [0.2, 0.25) is 53.2 Å². The van der Waals surface area contributed by atoms with Crippen molar-refractivity contribution in [2.24, 2.45) is 29.6 Å². The lowest BCUT2D eigenvalue weighted by Crippen LogP contribution is -2.64. The number of esters is 1. The van der Waals surface area contributed by atoms with E-state index in [0.717, 1.165) is 25.7 Å². The molecule has 1 saturated heterocycles. The van der Waals surface area contributed by atoms with Crippen LogP contribution in [0.1, 0.15) is 167 Å². The van der Waals surface area contributed by atoms with Gasteiger partial charge in [0.1, 0.15) is 60.5 Å². The van der Waals surface area contributed by atoms with E-state index in [1.54, 1.807) is 69.2 Å². The van der Waals surface area contributed by atoms with Gasteiger partial charge in [0, 0.05) is 6.42 Å². The quantitative estimate of drug-likeness (QED) is 0.0383. The first-order valence-electron chi connectivity index (χ1n) is 28.0. The third-order valence-electron chi connectivity index (χ3n) is 13.4. The van der Waals surface area contributed by atoms with Gasteiger partial charge in [-0.1, -0.05) is 115 Å². The first-order valence-corrected chi connectivity index (χ1v) is 28.0. The predicted octanol–water partition coefficient (Wildman–Crippen LogP) is 0.0962. The number of aliphatic hydroxyl groups excluding tert-OH is 3. The van der Waals surface area contributed by atoms with Gasteiger partial charge in [-0.2, -0.15) is 0 Å². The van der Waals surface area contributed by atoms with E-state index < -0.39 is 170 Å². The molecule has 0 aromatic heterocycles. The molecular weight excluding hydrogens is 1030 g/mol. The minimum absolute atomic E-state index is 0.0100. The summed E-state index contributed by atoms with van der Waals surface area (Å²) in [4.78, 5) is 152. The van der Waals surface area contributed by atoms with Crippen molar-refractivity contribution in [1.29, 1.82) is 0 Å². The summed E-state index contributed by atoms with van der Waals surface area (Å²) in [6.07, 6.45) is 1.05. The highest BCUT2D eigenvalue weighted by molar-refractivity contribution is 5.99. The fourth-order valence-corrected chi connectivity index (χ4v) is 8.61. The summed E-state index contributed by atoms with van der Waals surface area (Å²) < 4.78 is 5.82. The van der Waals surface area contributed by atoms with Crippen LogP contribution in [0.15, 0.2) is 0 Å². The van der Waals surface area contributed by atoms with Crippen LogP contribution >= 0.6 is 0 Å². The van der Waals surface area contributed by atoms with E-state index >= 15 is 0 Å². The van der Waals surface area contributed by atoms with Gasteiger partial charge in [-0.25, -0.2) is 4.79 Å². The van der Waals surface area contributed by atoms with Gasteiger partial charge >= 0.3 is 11.9 Å². The molecule has 0 aromatic rings. The van der Waals surface area contributed by atoms with Crippen molar-refractivity contribution < 1.29 is 77.9 Å². The van der Waals surface area contributed by atoms with Gasteiger partial charge in [-0.05, 0) is 68.6 Å². The van der Waals surface area contributed by atoms with E-state index in [1.165, 1.54) is 6.92 Å². The van der Waals surface area contributed by atoms with Crippen LogP contribution in [0.25, 0.3) is 0 Å². The second kappa shape index (κ2) is 36.3. The smallest absolute Gasteiger partial charge is 0.329 e. The number of unbranched alkanes of at least 4 members (excludes halogenated alkanes) is 4. The molecule has 9 amide bonds. The first kappa shape index (κ1) is 71.1. The number of carbonyl (C=O) groups excluding carboxylic acids is 10. The van der Waals surface area contributed by atoms with E-state index in [-0.39, 0.29) is 49.9 Å². The predicted molar refractivity (Wildman–Crippen MR) is 291 cm³/mol. The maximum atomic E-state index is 14.7. The highest BCUT2D eigenvalue weighted by Crippen LogP contribution is 2.17. The zero-order valence-electron chi connectivity index (χ0n) is 48.5. The third kappa shape index (κ3) is 26.3. The van der Waals surface area contributed by atoms with Gasteiger partial charge in [-0.3, -0.25) is 47.9 Å². The lowest BCUT2D eigenvalue weighted by atomic mass is 9.98. The molecule has 1 heterocycles. The average Bonchev–Trinajstić information content (AvgIpc) is 3.36. The first-order chi connectivity index (χ1) is 37.0. The van der Waals surface area contributed by atoms with Gasteiger partial charge in [0.15, 0.2) is 0 Å². The SMILES string of the molecule is CCCCCCC[C@@H](O)CC(=O)N[C@@H](CC(C)C)C(=O)N[C@H](CCC(=O)O)C(=O)N[C@H]1C(=O)N[C@H](C(C)C)C(=O)N[C@H](CC(C)C)C(=O)N[C@H](CO)C(=O)N[C@@H](CC(C)C)C(=O)N[C@H](CO)C(=O)N[C@H]([C@@H](C)CC)C(=O)O[C@@H]1C. The molecule has 1 aliphatic heterocycles. The van der Waals surface area contributed by atoms with Crippen molar-refractivity contribution in [3.8, 4) is 0 Å². The number of aliphatic carboxylic acids is 1. The maximum absolute atomic E-state index is 14.7. The van der Waals surface area contributed by atoms with E-state index in [4.69, 9.17) is 4.74 Å². The summed E-state index contributed by atoms with van der Waals surface area (Å²) >= 11 is 0. The molecule has 0 aliphatic carbocycles. The number of aliphatic hydroxyl groups is 3. The molecule has 1 aliphatic rings. The molecule has 0 radical (unpaired) electrons. The number of amides is 9. The maximum Gasteiger partial charge on any atom is 0.329 e. The minimum Gasteiger partial charge on any atom is -0.481 e. The average molecular weight is 1130 g/mol. The Morgan fingerprint density at radius 2 is 1.08 bits per heavy atom. The molecule has 452 valence electrons. The summed E-state index contributed by atoms with van der Waals surface area (Å²) in [6.45, 7) is 18.2. The van der Waals surface area contributed by atoms with Gasteiger partial charge in [-0.15, -0.1) is 0 Å². The molecule has 0 unspecified atom stereocenters. The Balaban J connectivity index is 3.99. The minimum atomic E-state index is -1.95. The second-order valence-corrected chi connectivity index (χ2v) is 22.4. The van der Waals surface area contributed by atoms with E-state index in [1.807, 2.05) is 0 Å². The number of carboxylic acid groups (broad SMARTS) is 1. The van der Waals surface area contributed by atoms with E-state index in [0.29, 0.717) is 12.8 Å². The van der Waals surface area contributed by atoms with Crippen LogP contribution in [-0.2, 0) is 57.5 Å². The highest BCUT2D eigenvalue weighted by atomic mass is 16.5. The highest BCUT2D eigenvalue weighted by Gasteiger charge is 2.40. The zero-order chi connectivity index (χ0) is 60.3. The normalized spacial score (nSPS) is 24.0. The number of ether oxygens (including phenoxy) is 1. The molecule has 13 N–H and O–H groups in total. The topological polar surface area (TPSA) is 386 Å². The Morgan fingerprint density at radius 1 is 0.582 bits per heavy atom. The number of rotatable bonds is 27. The Hall–Kier alpha value is -5.95. The van der Waals surface area contributed by atoms with Gasteiger partial charge < -0.3 is 73.0 Å². The van der Waals surface area contributed by atoms with E-state index in [2.05, 4.69) is 54.8 Å². The number of carbonyl (C=O) groups is 11. The van der Waals surface area contributed by atoms with Crippen molar-refractivity contribution in [2.45, 2.75) is 233 Å². The lowest BCUT2D eigenvalue weighted by molar-refractivity contribution is -0.158. The van der Waals surface area contributed by atoms with Crippen LogP contribution < -0.4 is 47.9 Å². The van der Waals surface area contributed by atoms with Crippen molar-refractivity contribution in [3.63, 3.8) is 0 Å². The van der Waals surface area contributed by atoms with E-state index in [9.17, 15) is 73.2 Å². The lowest BCUT2D eigenvalue weighted by Gasteiger charge is -2.32. The number of nitrogens with one attached hydrogen (secondary N) is 9. The molecule has 0 saturated carbocycles. The van der Waals surface area contributed by atoms with Crippen LogP contribution in [0, 0.1) is 29.6 Å². The third-order valence-corrected chi connectivity index (χ3v) is 13.4. The molecule has 0 spiro atoms. The Bertz CT molecular complexity index is 2020. The van der Waals surface area contributed by atoms with Crippen molar-refractivity contribution >= 4 is 65.1 Å². The summed E-state index contributed by atoms with van der Waals surface area (Å²) in [5.41, 5.74) is 0. The van der Waals surface area contributed by atoms with Crippen LogP contribution in [0.3, 0.4) is 0 Å². The van der Waals surface area contributed by atoms with Crippen LogP contribution in [0.5, 0.6) is 0 Å². The second-order valence-electron chi connectivity index (χ2n) is 22.4. The molecule has 12 atom stereocenters. The summed E-state index contributed by atoms with van der Waals surface area (Å²) in [5, 5.41) is 63.5. The van der Waals surface area contributed by atoms with Crippen LogP contribution in [0.4, 0.5) is 0 Å². The molecular formula is C54H95N9O16. The number of carboxylic acids is 1. The van der Waals surface area contributed by atoms with Crippen LogP contribution in [-0.4, -0.2) is 165 Å². The molecule has 0 bridgehead atoms. The standard InChI is InChI=1S/C54H95N9O16/c1-13-15-16-17-18-19-34(66)25-41(67)55-36(22-28(3)4)47(71)56-35(20-21-42(68)69)46(70)63-45-33(12)79-54(78)44(32(11)14-2)62-51(75)40(27-65)60-48(72)37(23-29(5)6)57-50(74)39(26-64)59-49(73)38(24-30(7)8)58-52(76)43(31(9)10)61-53(45)77/h28-40,43-45,64-66H,13-27H2,1-12H3,(H,55,67)(H,56,71)(H,57,74)(H,58,76)(H,59,73)(H,60,72)(H,61,77)(H,62,75)(H,63,70)(H,68,69)/t32-,33+,34+,35+,36-,37-,38+,39+,40+,43+,44+,45+/m0/s1. The summed E-state index contributed by atoms with van der Waals surface area (Å²) in [7, 11) is 0. The summed E-state index contributed by atoms with van der Waals surface area (Å²) in [5.74, 6) is -13.4. The van der Waals surface area contributed by atoms with Crippen molar-refractivity contribution in [1.82, 2.24) is 47.9 Å². The molecule has 0 aromatic carbocycles. The molecule has 1 fully saturated rings. The number of cyclic esters (lactones) is 1. The van der Waals surface area contributed by atoms with Crippen molar-refractivity contribution in [2.75, 3.05) is 13.2 Å². The fourth-order valence-electron chi connectivity index (χ4n) is 8.61. The summed E-state index contributed by atoms with van der Waals surface area (Å²) in [6, 6.07) is -14.1. The Labute approximate surface area is 465 Å². The zero-order valence-corrected chi connectivity index (χ0v) is 48.5. The fraction of sp³-hybridized carbons (Fsp3) is 0.796. The monoisotopic (exact) mass is 1130 g/mol. The van der Waals surface area contributed by atoms with Crippen LogP contribution in [0.2, 0.25) is 0 Å². The Morgan fingerprint density at radius 3 is 1.56 bits per heavy atom. The van der Waals surface area contributed by atoms with Gasteiger partial charge in [0.25, 0.3) is 0 Å². The largest absolute Gasteiger partial charge is 0.481 e. The molecule has 25 nitrogen and oxygen atoms in total. The Kier molecular flexibility index (Phi) is 32.7.